The van der Waals surface area contributed by atoms with Crippen LogP contribution in [0.25, 0.3) is 0 Å². The minimum Gasteiger partial charge on any atom is -0.368 e. The number of rotatable bonds is 3. The average molecular weight is 237 g/mol. The molecule has 1 heterocycles. The maximum Gasteiger partial charge on any atom is 0.144 e. The van der Waals surface area contributed by atoms with Crippen molar-refractivity contribution >= 4 is 5.82 Å². The monoisotopic (exact) mass is 237 g/mol. The number of aromatic nitrogens is 2. The smallest absolute Gasteiger partial charge is 0.144 e. The van der Waals surface area contributed by atoms with E-state index in [0.717, 1.165) is 30.1 Å². The second-order valence-corrected chi connectivity index (χ2v) is 5.23. The van der Waals surface area contributed by atoms with Crippen molar-refractivity contribution in [1.82, 2.24) is 9.97 Å². The third-order valence-electron chi connectivity index (χ3n) is 4.28. The van der Waals surface area contributed by atoms with Gasteiger partial charge < -0.3 is 5.32 Å². The number of hydrogen-bond donors (Lipinski definition) is 1. The number of benzene rings is 1. The molecule has 0 saturated heterocycles. The summed E-state index contributed by atoms with van der Waals surface area (Å²) in [6, 6.07) is 8.88. The van der Waals surface area contributed by atoms with E-state index < -0.39 is 0 Å². The van der Waals surface area contributed by atoms with Gasteiger partial charge in [0.25, 0.3) is 0 Å². The first-order chi connectivity index (χ1) is 8.93. The highest BCUT2D eigenvalue weighted by atomic mass is 15.0. The Balaban J connectivity index is 1.43. The van der Waals surface area contributed by atoms with Crippen molar-refractivity contribution in [3.63, 3.8) is 0 Å². The number of nitrogens with zero attached hydrogens (tertiary/aromatic N) is 2. The molecule has 3 heteroatoms. The fourth-order valence-corrected chi connectivity index (χ4v) is 3.37. The Hall–Kier alpha value is -1.90. The van der Waals surface area contributed by atoms with E-state index in [9.17, 15) is 0 Å². The van der Waals surface area contributed by atoms with E-state index in [4.69, 9.17) is 0 Å². The largest absolute Gasteiger partial charge is 0.368 e. The van der Waals surface area contributed by atoms with Gasteiger partial charge in [-0.3, -0.25) is 4.98 Å². The molecule has 3 nitrogen and oxygen atoms in total. The van der Waals surface area contributed by atoms with Gasteiger partial charge in [-0.25, -0.2) is 4.98 Å². The predicted octanol–water partition coefficient (Wildman–Crippen LogP) is 2.47. The summed E-state index contributed by atoms with van der Waals surface area (Å²) in [6.07, 6.45) is 6.47. The number of anilines is 1. The predicted molar refractivity (Wildman–Crippen MR) is 70.4 cm³/mol. The zero-order valence-electron chi connectivity index (χ0n) is 10.1. The summed E-state index contributed by atoms with van der Waals surface area (Å²) < 4.78 is 0. The molecule has 0 amide bonds. The summed E-state index contributed by atoms with van der Waals surface area (Å²) in [5.74, 6) is 3.30. The summed E-state index contributed by atoms with van der Waals surface area (Å²) in [7, 11) is 0. The molecule has 1 fully saturated rings. The van der Waals surface area contributed by atoms with Crippen molar-refractivity contribution in [2.24, 2.45) is 11.8 Å². The summed E-state index contributed by atoms with van der Waals surface area (Å²) in [4.78, 5) is 8.31. The van der Waals surface area contributed by atoms with Gasteiger partial charge in [0.15, 0.2) is 0 Å². The van der Waals surface area contributed by atoms with E-state index in [2.05, 4.69) is 39.6 Å². The van der Waals surface area contributed by atoms with Gasteiger partial charge in [-0.05, 0) is 35.3 Å². The highest BCUT2D eigenvalue weighted by molar-refractivity contribution is 5.44. The van der Waals surface area contributed by atoms with Gasteiger partial charge in [0.1, 0.15) is 5.82 Å². The van der Waals surface area contributed by atoms with Gasteiger partial charge >= 0.3 is 0 Å². The van der Waals surface area contributed by atoms with Crippen LogP contribution in [0.1, 0.15) is 17.0 Å². The first-order valence-electron chi connectivity index (χ1n) is 6.51. The summed E-state index contributed by atoms with van der Waals surface area (Å²) in [6.45, 7) is 1.02. The molecule has 18 heavy (non-hydrogen) atoms. The van der Waals surface area contributed by atoms with Crippen molar-refractivity contribution in [2.75, 3.05) is 11.9 Å². The van der Waals surface area contributed by atoms with E-state index in [0.29, 0.717) is 0 Å². The fraction of sp³-hybridized carbons (Fsp3) is 0.333. The third kappa shape index (κ3) is 1.50. The zero-order valence-corrected chi connectivity index (χ0v) is 10.1. The van der Waals surface area contributed by atoms with Crippen LogP contribution in [0.15, 0.2) is 42.9 Å². The van der Waals surface area contributed by atoms with Crippen LogP contribution in [-0.2, 0) is 6.42 Å². The Kier molecular flexibility index (Phi) is 2.13. The lowest BCUT2D eigenvalue weighted by molar-refractivity contribution is 0.718. The van der Waals surface area contributed by atoms with Crippen LogP contribution in [-0.4, -0.2) is 16.5 Å². The maximum absolute atomic E-state index is 4.24. The number of nitrogens with one attached hydrogen (secondary N) is 1. The van der Waals surface area contributed by atoms with Crippen LogP contribution in [0.2, 0.25) is 0 Å². The fourth-order valence-electron chi connectivity index (χ4n) is 3.37. The van der Waals surface area contributed by atoms with Crippen LogP contribution >= 0.6 is 0 Å². The maximum atomic E-state index is 4.24. The molecule has 0 spiro atoms. The molecule has 0 aliphatic heterocycles. The van der Waals surface area contributed by atoms with Crippen LogP contribution in [0, 0.1) is 11.8 Å². The first kappa shape index (κ1) is 10.1. The van der Waals surface area contributed by atoms with E-state index in [-0.39, 0.29) is 0 Å². The van der Waals surface area contributed by atoms with E-state index >= 15 is 0 Å². The standard InChI is InChI=1S/C15H15N3/c1-2-4-11-10(3-1)7-12-13(15(11)12)8-18-14-9-16-5-6-17-14/h1-6,9,12-13,15H,7-8H2,(H,17,18). The molecule has 1 N–H and O–H groups in total. The second-order valence-electron chi connectivity index (χ2n) is 5.23. The summed E-state index contributed by atoms with van der Waals surface area (Å²) in [5, 5.41) is 3.39. The molecular weight excluding hydrogens is 222 g/mol. The van der Waals surface area contributed by atoms with Crippen molar-refractivity contribution in [3.8, 4) is 0 Å². The van der Waals surface area contributed by atoms with Gasteiger partial charge in [0.2, 0.25) is 0 Å². The molecule has 0 radical (unpaired) electrons. The Morgan fingerprint density at radius 3 is 3.06 bits per heavy atom. The normalized spacial score (nSPS) is 27.4. The van der Waals surface area contributed by atoms with Crippen molar-refractivity contribution in [2.45, 2.75) is 12.3 Å². The molecule has 3 atom stereocenters. The van der Waals surface area contributed by atoms with Crippen molar-refractivity contribution in [3.05, 3.63) is 54.0 Å². The Bertz CT molecular complexity index is 567. The van der Waals surface area contributed by atoms with Crippen molar-refractivity contribution in [1.29, 1.82) is 0 Å². The van der Waals surface area contributed by atoms with Crippen LogP contribution in [0.5, 0.6) is 0 Å². The van der Waals surface area contributed by atoms with Crippen molar-refractivity contribution < 1.29 is 0 Å². The third-order valence-corrected chi connectivity index (χ3v) is 4.28. The molecule has 2 aliphatic rings. The summed E-state index contributed by atoms with van der Waals surface area (Å²) in [5.41, 5.74) is 3.14. The Labute approximate surface area is 106 Å². The van der Waals surface area contributed by atoms with Crippen LogP contribution in [0.3, 0.4) is 0 Å². The van der Waals surface area contributed by atoms with E-state index in [1.54, 1.807) is 29.7 Å². The molecule has 1 aromatic carbocycles. The van der Waals surface area contributed by atoms with Crippen LogP contribution < -0.4 is 5.32 Å². The van der Waals surface area contributed by atoms with E-state index in [1.165, 1.54) is 6.42 Å². The topological polar surface area (TPSA) is 37.8 Å². The van der Waals surface area contributed by atoms with Crippen LogP contribution in [0.4, 0.5) is 5.82 Å². The Morgan fingerprint density at radius 1 is 1.22 bits per heavy atom. The molecule has 0 bridgehead atoms. The van der Waals surface area contributed by atoms with Gasteiger partial charge in [-0.1, -0.05) is 24.3 Å². The SMILES string of the molecule is c1ccc2c(c1)CC1C(CNc3cnccn3)C21. The molecule has 2 aromatic rings. The molecule has 3 unspecified atom stereocenters. The lowest BCUT2D eigenvalue weighted by Gasteiger charge is -2.08. The van der Waals surface area contributed by atoms with Gasteiger partial charge in [-0.2, -0.15) is 0 Å². The minimum atomic E-state index is 0.780. The highest BCUT2D eigenvalue weighted by Crippen LogP contribution is 2.61. The number of hydrogen-bond acceptors (Lipinski definition) is 3. The molecular formula is C15H15N3. The molecule has 1 saturated carbocycles. The van der Waals surface area contributed by atoms with Gasteiger partial charge in [0.05, 0.1) is 6.20 Å². The zero-order chi connectivity index (χ0) is 11.9. The van der Waals surface area contributed by atoms with Gasteiger partial charge in [0, 0.05) is 18.9 Å². The first-order valence-corrected chi connectivity index (χ1v) is 6.51. The highest BCUT2D eigenvalue weighted by Gasteiger charge is 2.54. The van der Waals surface area contributed by atoms with E-state index in [1.807, 2.05) is 0 Å². The molecule has 90 valence electrons. The second kappa shape index (κ2) is 3.80. The quantitative estimate of drug-likeness (QED) is 0.891. The molecule has 1 aromatic heterocycles. The number of fused-ring (bicyclic) bond motifs is 3. The molecule has 2 aliphatic carbocycles. The molecule has 4 rings (SSSR count). The lowest BCUT2D eigenvalue weighted by atomic mass is 10.0. The summed E-state index contributed by atoms with van der Waals surface area (Å²) >= 11 is 0. The minimum absolute atomic E-state index is 0.780. The average Bonchev–Trinajstić information content (AvgIpc) is 2.97. The lowest BCUT2D eigenvalue weighted by Crippen LogP contribution is -2.09. The Morgan fingerprint density at radius 2 is 2.17 bits per heavy atom. The van der Waals surface area contributed by atoms with Gasteiger partial charge in [-0.15, -0.1) is 0 Å².